The molecular weight excluding hydrogens is 203 g/mol. The van der Waals surface area contributed by atoms with Crippen LogP contribution in [0, 0.1) is 0 Å². The zero-order valence-corrected chi connectivity index (χ0v) is 10.4. The summed E-state index contributed by atoms with van der Waals surface area (Å²) >= 11 is 0. The summed E-state index contributed by atoms with van der Waals surface area (Å²) in [6.45, 7) is 7.31. The Hall–Kier alpha value is -0.835. The van der Waals surface area contributed by atoms with Crippen LogP contribution in [0.4, 0.5) is 0 Å². The standard InChI is InChI=1S/C12H21BO3/c1-4-7-10-14-13(15-11-8-5-2)16-12-9-6-3/h4-9H,10-12H2,1-3H3/b7-4-,8-5-,9-6-. The van der Waals surface area contributed by atoms with Gasteiger partial charge in [-0.3, -0.25) is 0 Å². The van der Waals surface area contributed by atoms with Gasteiger partial charge in [0.25, 0.3) is 0 Å². The van der Waals surface area contributed by atoms with Crippen molar-refractivity contribution in [3.05, 3.63) is 36.5 Å². The van der Waals surface area contributed by atoms with E-state index in [1.807, 2.05) is 57.2 Å². The lowest BCUT2D eigenvalue weighted by atomic mass is 10.2. The molecule has 0 amide bonds. The molecule has 0 aromatic heterocycles. The lowest BCUT2D eigenvalue weighted by Crippen LogP contribution is -2.27. The molecule has 0 N–H and O–H groups in total. The molecule has 0 unspecified atom stereocenters. The lowest BCUT2D eigenvalue weighted by Gasteiger charge is -2.11. The summed E-state index contributed by atoms with van der Waals surface area (Å²) in [4.78, 5) is 0. The number of allylic oxidation sites excluding steroid dienone is 3. The Morgan fingerprint density at radius 2 is 1.00 bits per heavy atom. The molecule has 0 spiro atoms. The highest BCUT2D eigenvalue weighted by Crippen LogP contribution is 1.94. The van der Waals surface area contributed by atoms with Crippen LogP contribution in [0.25, 0.3) is 0 Å². The Morgan fingerprint density at radius 3 is 1.25 bits per heavy atom. The van der Waals surface area contributed by atoms with Gasteiger partial charge in [0.2, 0.25) is 0 Å². The fraction of sp³-hybridized carbons (Fsp3) is 0.500. The van der Waals surface area contributed by atoms with Crippen molar-refractivity contribution in [1.82, 2.24) is 0 Å². The fourth-order valence-corrected chi connectivity index (χ4v) is 0.835. The molecule has 3 nitrogen and oxygen atoms in total. The van der Waals surface area contributed by atoms with Gasteiger partial charge in [0.05, 0.1) is 19.8 Å². The third-order valence-corrected chi connectivity index (χ3v) is 1.69. The number of hydrogen-bond donors (Lipinski definition) is 0. The molecule has 0 fully saturated rings. The molecule has 0 radical (unpaired) electrons. The van der Waals surface area contributed by atoms with Crippen LogP contribution < -0.4 is 0 Å². The van der Waals surface area contributed by atoms with Crippen LogP contribution in [0.3, 0.4) is 0 Å². The molecule has 16 heavy (non-hydrogen) atoms. The molecule has 0 aliphatic heterocycles. The van der Waals surface area contributed by atoms with E-state index in [1.165, 1.54) is 0 Å². The van der Waals surface area contributed by atoms with Gasteiger partial charge in [-0.05, 0) is 20.8 Å². The summed E-state index contributed by atoms with van der Waals surface area (Å²) in [5, 5.41) is 0. The van der Waals surface area contributed by atoms with E-state index in [1.54, 1.807) is 0 Å². The van der Waals surface area contributed by atoms with Gasteiger partial charge in [0.1, 0.15) is 0 Å². The minimum absolute atomic E-state index is 0.493. The van der Waals surface area contributed by atoms with Gasteiger partial charge in [-0.2, -0.15) is 0 Å². The van der Waals surface area contributed by atoms with Crippen LogP contribution >= 0.6 is 0 Å². The summed E-state index contributed by atoms with van der Waals surface area (Å²) < 4.78 is 16.1. The summed E-state index contributed by atoms with van der Waals surface area (Å²) in [6.07, 6.45) is 11.5. The normalized spacial score (nSPS) is 12.2. The average molecular weight is 224 g/mol. The highest BCUT2D eigenvalue weighted by Gasteiger charge is 2.19. The molecule has 0 rings (SSSR count). The Labute approximate surface area is 99.0 Å². The first-order valence-electron chi connectivity index (χ1n) is 5.53. The van der Waals surface area contributed by atoms with E-state index >= 15 is 0 Å². The van der Waals surface area contributed by atoms with Crippen molar-refractivity contribution in [2.75, 3.05) is 19.8 Å². The molecule has 4 heteroatoms. The Morgan fingerprint density at radius 1 is 0.688 bits per heavy atom. The van der Waals surface area contributed by atoms with Crippen LogP contribution in [0.1, 0.15) is 20.8 Å². The van der Waals surface area contributed by atoms with Crippen LogP contribution in [-0.4, -0.2) is 27.1 Å². The van der Waals surface area contributed by atoms with Gasteiger partial charge in [0.15, 0.2) is 0 Å². The number of rotatable bonds is 9. The third-order valence-electron chi connectivity index (χ3n) is 1.69. The molecule has 0 aromatic carbocycles. The monoisotopic (exact) mass is 224 g/mol. The van der Waals surface area contributed by atoms with Crippen molar-refractivity contribution < 1.29 is 14.0 Å². The van der Waals surface area contributed by atoms with Gasteiger partial charge >= 0.3 is 7.32 Å². The topological polar surface area (TPSA) is 27.7 Å². The van der Waals surface area contributed by atoms with Crippen LogP contribution in [-0.2, 0) is 14.0 Å². The molecule has 90 valence electrons. The van der Waals surface area contributed by atoms with Crippen molar-refractivity contribution in [2.45, 2.75) is 20.8 Å². The maximum absolute atomic E-state index is 5.38. The summed E-state index contributed by atoms with van der Waals surface area (Å²) in [5.41, 5.74) is 0. The second-order valence-electron chi connectivity index (χ2n) is 3.00. The second-order valence-corrected chi connectivity index (χ2v) is 3.00. The highest BCUT2D eigenvalue weighted by molar-refractivity contribution is 6.36. The number of hydrogen-bond acceptors (Lipinski definition) is 3. The molecule has 0 saturated carbocycles. The van der Waals surface area contributed by atoms with Gasteiger partial charge in [0, 0.05) is 0 Å². The smallest absolute Gasteiger partial charge is 0.382 e. The van der Waals surface area contributed by atoms with Crippen molar-refractivity contribution >= 4 is 7.32 Å². The van der Waals surface area contributed by atoms with Crippen LogP contribution in [0.15, 0.2) is 36.5 Å². The van der Waals surface area contributed by atoms with E-state index in [9.17, 15) is 0 Å². The highest BCUT2D eigenvalue weighted by atomic mass is 16.7. The van der Waals surface area contributed by atoms with E-state index in [0.29, 0.717) is 19.8 Å². The second kappa shape index (κ2) is 12.2. The SMILES string of the molecule is C/C=C\COB(OC/C=C\C)OC/C=C\C. The Bertz CT molecular complexity index is 186. The first-order chi connectivity index (χ1) is 7.85. The van der Waals surface area contributed by atoms with E-state index in [4.69, 9.17) is 14.0 Å². The molecule has 0 saturated heterocycles. The molecule has 0 bridgehead atoms. The van der Waals surface area contributed by atoms with Crippen molar-refractivity contribution in [2.24, 2.45) is 0 Å². The van der Waals surface area contributed by atoms with Crippen molar-refractivity contribution in [3.8, 4) is 0 Å². The van der Waals surface area contributed by atoms with Crippen molar-refractivity contribution in [1.29, 1.82) is 0 Å². The predicted molar refractivity (Wildman–Crippen MR) is 68.1 cm³/mol. The Kier molecular flexibility index (Phi) is 11.6. The fourth-order valence-electron chi connectivity index (χ4n) is 0.835. The van der Waals surface area contributed by atoms with Gasteiger partial charge in [-0.15, -0.1) is 0 Å². The average Bonchev–Trinajstić information content (AvgIpc) is 2.29. The van der Waals surface area contributed by atoms with Gasteiger partial charge in [-0.25, -0.2) is 0 Å². The Balaban J connectivity index is 3.84. The molecular formula is C12H21BO3. The first-order valence-corrected chi connectivity index (χ1v) is 5.53. The van der Waals surface area contributed by atoms with E-state index < -0.39 is 7.32 Å². The van der Waals surface area contributed by atoms with E-state index in [0.717, 1.165) is 0 Å². The molecule has 0 aliphatic rings. The maximum Gasteiger partial charge on any atom is 0.640 e. The van der Waals surface area contributed by atoms with Gasteiger partial charge in [-0.1, -0.05) is 36.5 Å². The first kappa shape index (κ1) is 15.2. The third kappa shape index (κ3) is 9.71. The van der Waals surface area contributed by atoms with Crippen LogP contribution in [0.2, 0.25) is 0 Å². The van der Waals surface area contributed by atoms with Crippen LogP contribution in [0.5, 0.6) is 0 Å². The summed E-state index contributed by atoms with van der Waals surface area (Å²) in [6, 6.07) is 0. The quantitative estimate of drug-likeness (QED) is 0.445. The van der Waals surface area contributed by atoms with E-state index in [-0.39, 0.29) is 0 Å². The summed E-state index contributed by atoms with van der Waals surface area (Å²) in [7, 11) is -0.608. The molecule has 0 aliphatic carbocycles. The molecule has 0 aromatic rings. The lowest BCUT2D eigenvalue weighted by molar-refractivity contribution is 0.123. The summed E-state index contributed by atoms with van der Waals surface area (Å²) in [5.74, 6) is 0. The van der Waals surface area contributed by atoms with Gasteiger partial charge < -0.3 is 14.0 Å². The molecule has 0 atom stereocenters. The maximum atomic E-state index is 5.38. The predicted octanol–water partition coefficient (Wildman–Crippen LogP) is 2.75. The zero-order valence-electron chi connectivity index (χ0n) is 10.4. The minimum Gasteiger partial charge on any atom is -0.382 e. The van der Waals surface area contributed by atoms with Crippen molar-refractivity contribution in [3.63, 3.8) is 0 Å². The minimum atomic E-state index is -0.608. The van der Waals surface area contributed by atoms with E-state index in [2.05, 4.69) is 0 Å². The molecule has 0 heterocycles. The zero-order chi connectivity index (χ0) is 12.1. The largest absolute Gasteiger partial charge is 0.640 e.